The van der Waals surface area contributed by atoms with E-state index in [9.17, 15) is 5.26 Å². The van der Waals surface area contributed by atoms with Crippen LogP contribution >= 0.6 is 27.5 Å². The number of hydrogen-bond acceptors (Lipinski definition) is 2. The van der Waals surface area contributed by atoms with Gasteiger partial charge in [-0.15, -0.1) is 0 Å². The highest BCUT2D eigenvalue weighted by molar-refractivity contribution is 9.10. The predicted octanol–water partition coefficient (Wildman–Crippen LogP) is 6.53. The topological polar surface area (TPSA) is 33.0 Å². The van der Waals surface area contributed by atoms with Crippen molar-refractivity contribution in [2.75, 3.05) is 0 Å². The van der Waals surface area contributed by atoms with Gasteiger partial charge in [-0.3, -0.25) is 0 Å². The Morgan fingerprint density at radius 2 is 1.57 bits per heavy atom. The Balaban J connectivity index is 3.39. The molecule has 0 amide bonds. The zero-order valence-corrected chi connectivity index (χ0v) is 16.8. The average Bonchev–Trinajstić information content (AvgIpc) is 2.37. The van der Waals surface area contributed by atoms with E-state index in [0.29, 0.717) is 37.4 Å². The van der Waals surface area contributed by atoms with Gasteiger partial charge in [0.25, 0.3) is 8.32 Å². The molecule has 0 saturated heterocycles. The number of rotatable bonds is 5. The fourth-order valence-electron chi connectivity index (χ4n) is 3.26. The molecule has 1 aromatic carbocycles. The van der Waals surface area contributed by atoms with E-state index in [1.165, 1.54) is 0 Å². The van der Waals surface area contributed by atoms with Crippen molar-refractivity contribution >= 4 is 35.8 Å². The summed E-state index contributed by atoms with van der Waals surface area (Å²) in [6.45, 7) is 13.4. The van der Waals surface area contributed by atoms with Crippen LogP contribution in [0.4, 0.5) is 0 Å². The molecule has 0 aliphatic carbocycles. The van der Waals surface area contributed by atoms with Crippen LogP contribution in [0.1, 0.15) is 47.1 Å². The Morgan fingerprint density at radius 1 is 1.10 bits per heavy atom. The number of nitriles is 1. The van der Waals surface area contributed by atoms with Gasteiger partial charge in [0.1, 0.15) is 16.8 Å². The zero-order valence-electron chi connectivity index (χ0n) is 13.5. The molecule has 0 bridgehead atoms. The van der Waals surface area contributed by atoms with Crippen LogP contribution in [0, 0.1) is 11.3 Å². The van der Waals surface area contributed by atoms with Crippen LogP contribution in [0.25, 0.3) is 0 Å². The van der Waals surface area contributed by atoms with Crippen LogP contribution in [0.15, 0.2) is 16.6 Å². The van der Waals surface area contributed by atoms with Gasteiger partial charge in [0.2, 0.25) is 0 Å². The maximum atomic E-state index is 9.24. The molecule has 0 atom stereocenters. The standard InChI is InChI=1S/C16H23BrClNOSi/c1-10(2)21(11(3)4,12(5)6)20-15-8-7-14(17)13(9-19)16(15)18/h7-8,10-12H,1-6H3. The largest absolute Gasteiger partial charge is 0.542 e. The first-order valence-corrected chi connectivity index (χ1v) is 10.6. The van der Waals surface area contributed by atoms with Crippen molar-refractivity contribution < 1.29 is 4.43 Å². The summed E-state index contributed by atoms with van der Waals surface area (Å²) >= 11 is 9.74. The van der Waals surface area contributed by atoms with Crippen molar-refractivity contribution in [3.8, 4) is 11.8 Å². The fourth-order valence-corrected chi connectivity index (χ4v) is 9.36. The molecule has 0 aliphatic heterocycles. The third kappa shape index (κ3) is 3.47. The Bertz CT molecular complexity index is 530. The predicted molar refractivity (Wildman–Crippen MR) is 95.5 cm³/mol. The van der Waals surface area contributed by atoms with Gasteiger partial charge in [-0.2, -0.15) is 5.26 Å². The number of halogens is 2. The van der Waals surface area contributed by atoms with Crippen LogP contribution in [-0.4, -0.2) is 8.32 Å². The SMILES string of the molecule is CC(C)[Si](Oc1ccc(Br)c(C#N)c1Cl)(C(C)C)C(C)C. The van der Waals surface area contributed by atoms with Crippen LogP contribution in [-0.2, 0) is 0 Å². The lowest BCUT2D eigenvalue weighted by molar-refractivity contribution is 0.480. The van der Waals surface area contributed by atoms with E-state index in [2.05, 4.69) is 63.5 Å². The van der Waals surface area contributed by atoms with E-state index in [0.717, 1.165) is 0 Å². The molecule has 0 N–H and O–H groups in total. The van der Waals surface area contributed by atoms with Crippen LogP contribution in [0.2, 0.25) is 21.6 Å². The highest BCUT2D eigenvalue weighted by Crippen LogP contribution is 2.45. The first kappa shape index (κ1) is 18.5. The van der Waals surface area contributed by atoms with E-state index < -0.39 is 8.32 Å². The molecule has 5 heteroatoms. The molecule has 0 aliphatic rings. The summed E-state index contributed by atoms with van der Waals surface area (Å²) in [6.07, 6.45) is 0. The molecule has 2 nitrogen and oxygen atoms in total. The van der Waals surface area contributed by atoms with Gasteiger partial charge in [0.05, 0.1) is 5.56 Å². The molecule has 0 aromatic heterocycles. The van der Waals surface area contributed by atoms with Crippen molar-refractivity contribution in [3.63, 3.8) is 0 Å². The average molecular weight is 389 g/mol. The second kappa shape index (κ2) is 7.17. The summed E-state index contributed by atoms with van der Waals surface area (Å²) in [7, 11) is -2.06. The summed E-state index contributed by atoms with van der Waals surface area (Å²) in [5, 5.41) is 9.65. The van der Waals surface area contributed by atoms with Crippen molar-refractivity contribution in [2.24, 2.45) is 0 Å². The van der Waals surface area contributed by atoms with E-state index in [-0.39, 0.29) is 0 Å². The molecule has 0 fully saturated rings. The highest BCUT2D eigenvalue weighted by atomic mass is 79.9. The molecule has 1 rings (SSSR count). The Hall–Kier alpha value is -0.503. The van der Waals surface area contributed by atoms with Crippen molar-refractivity contribution in [2.45, 2.75) is 58.2 Å². The van der Waals surface area contributed by atoms with Gasteiger partial charge in [0, 0.05) is 4.47 Å². The fraction of sp³-hybridized carbons (Fsp3) is 0.562. The molecule has 0 radical (unpaired) electrons. The molecule has 1 aromatic rings. The van der Waals surface area contributed by atoms with Crippen molar-refractivity contribution in [1.82, 2.24) is 0 Å². The Labute approximate surface area is 142 Å². The maximum absolute atomic E-state index is 9.24. The van der Waals surface area contributed by atoms with Gasteiger partial charge in [-0.05, 0) is 44.7 Å². The summed E-state index contributed by atoms with van der Waals surface area (Å²) < 4.78 is 7.25. The van der Waals surface area contributed by atoms with Crippen LogP contribution in [0.3, 0.4) is 0 Å². The minimum absolute atomic E-state index is 0.408. The number of benzene rings is 1. The van der Waals surface area contributed by atoms with Gasteiger partial charge in [-0.1, -0.05) is 53.1 Å². The third-order valence-electron chi connectivity index (χ3n) is 4.16. The van der Waals surface area contributed by atoms with Gasteiger partial charge < -0.3 is 4.43 Å². The first-order valence-electron chi connectivity index (χ1n) is 7.25. The lowest BCUT2D eigenvalue weighted by atomic mass is 10.2. The summed E-state index contributed by atoms with van der Waals surface area (Å²) in [5.74, 6) is 0.638. The van der Waals surface area contributed by atoms with E-state index in [1.807, 2.05) is 12.1 Å². The normalized spacial score (nSPS) is 12.1. The molecule has 21 heavy (non-hydrogen) atoms. The molecule has 116 valence electrons. The minimum Gasteiger partial charge on any atom is -0.542 e. The smallest absolute Gasteiger partial charge is 0.258 e. The molecular formula is C16H23BrClNOSi. The summed E-state index contributed by atoms with van der Waals surface area (Å²) in [6, 6.07) is 5.83. The Morgan fingerprint density at radius 3 is 1.95 bits per heavy atom. The lowest BCUT2D eigenvalue weighted by Gasteiger charge is -2.42. The monoisotopic (exact) mass is 387 g/mol. The number of hydrogen-bond donors (Lipinski definition) is 0. The zero-order chi connectivity index (χ0) is 16.4. The van der Waals surface area contributed by atoms with Gasteiger partial charge in [0.15, 0.2) is 0 Å². The third-order valence-corrected chi connectivity index (χ3v) is 11.2. The molecule has 0 spiro atoms. The lowest BCUT2D eigenvalue weighted by Crippen LogP contribution is -2.50. The van der Waals surface area contributed by atoms with E-state index >= 15 is 0 Å². The first-order chi connectivity index (χ1) is 9.68. The van der Waals surface area contributed by atoms with Crippen molar-refractivity contribution in [1.29, 1.82) is 5.26 Å². The summed E-state index contributed by atoms with van der Waals surface area (Å²) in [4.78, 5) is 0. The van der Waals surface area contributed by atoms with Gasteiger partial charge in [-0.25, -0.2) is 0 Å². The quantitative estimate of drug-likeness (QED) is 0.537. The van der Waals surface area contributed by atoms with Gasteiger partial charge >= 0.3 is 0 Å². The van der Waals surface area contributed by atoms with Crippen LogP contribution in [0.5, 0.6) is 5.75 Å². The Kier molecular flexibility index (Phi) is 6.33. The second-order valence-corrected chi connectivity index (χ2v) is 12.9. The molecular weight excluding hydrogens is 366 g/mol. The number of nitrogens with zero attached hydrogens (tertiary/aromatic N) is 1. The second-order valence-electron chi connectivity index (χ2n) is 6.27. The summed E-state index contributed by atoms with van der Waals surface area (Å²) in [5.41, 5.74) is 1.82. The molecule has 0 unspecified atom stereocenters. The van der Waals surface area contributed by atoms with E-state index in [1.54, 1.807) is 0 Å². The maximum Gasteiger partial charge on any atom is 0.258 e. The van der Waals surface area contributed by atoms with Crippen LogP contribution < -0.4 is 4.43 Å². The minimum atomic E-state index is -2.06. The highest BCUT2D eigenvalue weighted by Gasteiger charge is 2.47. The molecule has 0 heterocycles. The van der Waals surface area contributed by atoms with Crippen molar-refractivity contribution in [3.05, 3.63) is 27.2 Å². The van der Waals surface area contributed by atoms with E-state index in [4.69, 9.17) is 16.0 Å². The molecule has 0 saturated carbocycles.